The molecule has 6 nitrogen and oxygen atoms in total. The molecular weight excluding hydrogens is 290 g/mol. The van der Waals surface area contributed by atoms with E-state index in [4.69, 9.17) is 10.8 Å². The summed E-state index contributed by atoms with van der Waals surface area (Å²) in [5.74, 6) is -1.28. The minimum Gasteiger partial charge on any atom is -0.478 e. The number of carbonyl (C=O) groups excluding carboxylic acids is 1. The molecule has 1 aromatic heterocycles. The quantitative estimate of drug-likeness (QED) is 0.803. The highest BCUT2D eigenvalue weighted by Crippen LogP contribution is 2.20. The Labute approximate surface area is 125 Å². The third-order valence-corrected chi connectivity index (χ3v) is 3.82. The smallest absolute Gasteiger partial charge is 0.336 e. The van der Waals surface area contributed by atoms with Crippen molar-refractivity contribution in [2.24, 2.45) is 0 Å². The van der Waals surface area contributed by atoms with Gasteiger partial charge in [-0.05, 0) is 37.1 Å². The number of aromatic carboxylic acids is 1. The highest BCUT2D eigenvalue weighted by atomic mass is 32.1. The van der Waals surface area contributed by atoms with E-state index in [9.17, 15) is 9.59 Å². The van der Waals surface area contributed by atoms with Crippen molar-refractivity contribution in [1.82, 2.24) is 4.98 Å². The molecule has 0 bridgehead atoms. The van der Waals surface area contributed by atoms with Gasteiger partial charge in [-0.15, -0.1) is 11.3 Å². The monoisotopic (exact) mass is 305 g/mol. The lowest BCUT2D eigenvalue weighted by Crippen LogP contribution is -2.15. The van der Waals surface area contributed by atoms with E-state index in [0.29, 0.717) is 22.1 Å². The van der Waals surface area contributed by atoms with Gasteiger partial charge in [0.1, 0.15) is 0 Å². The minimum atomic E-state index is -1.01. The lowest BCUT2D eigenvalue weighted by Gasteiger charge is -2.10. The average Bonchev–Trinajstić information content (AvgIpc) is 2.78. The van der Waals surface area contributed by atoms with Gasteiger partial charge in [0.15, 0.2) is 5.13 Å². The number of carboxylic acids is 1. The first kappa shape index (κ1) is 15.0. The number of aromatic nitrogens is 1. The molecule has 0 radical (unpaired) electrons. The van der Waals surface area contributed by atoms with Gasteiger partial charge in [0.2, 0.25) is 5.91 Å². The first-order chi connectivity index (χ1) is 9.86. The molecule has 2 aromatic rings. The number of hydrogen-bond acceptors (Lipinski definition) is 5. The van der Waals surface area contributed by atoms with Crippen LogP contribution < -0.4 is 11.1 Å². The topological polar surface area (TPSA) is 105 Å². The normalized spacial score (nSPS) is 10.4. The summed E-state index contributed by atoms with van der Waals surface area (Å²) in [6.45, 7) is 3.54. The summed E-state index contributed by atoms with van der Waals surface area (Å²) >= 11 is 1.27. The van der Waals surface area contributed by atoms with E-state index in [1.165, 1.54) is 17.4 Å². The molecule has 21 heavy (non-hydrogen) atoms. The Balaban J connectivity index is 2.15. The lowest BCUT2D eigenvalue weighted by molar-refractivity contribution is -0.115. The van der Waals surface area contributed by atoms with Crippen LogP contribution in [-0.2, 0) is 11.2 Å². The van der Waals surface area contributed by atoms with Gasteiger partial charge in [-0.2, -0.15) is 0 Å². The number of nitrogens with two attached hydrogens (primary N) is 1. The van der Waals surface area contributed by atoms with Crippen LogP contribution in [0.15, 0.2) is 17.5 Å². The largest absolute Gasteiger partial charge is 0.478 e. The van der Waals surface area contributed by atoms with E-state index < -0.39 is 5.97 Å². The zero-order valence-electron chi connectivity index (χ0n) is 11.6. The molecule has 0 fully saturated rings. The summed E-state index contributed by atoms with van der Waals surface area (Å²) in [5, 5.41) is 14.0. The first-order valence-corrected chi connectivity index (χ1v) is 7.09. The van der Waals surface area contributed by atoms with Crippen molar-refractivity contribution in [3.63, 3.8) is 0 Å². The summed E-state index contributed by atoms with van der Waals surface area (Å²) in [6, 6.07) is 3.20. The Kier molecular flexibility index (Phi) is 4.23. The molecule has 0 aliphatic heterocycles. The number of anilines is 2. The summed E-state index contributed by atoms with van der Waals surface area (Å²) in [4.78, 5) is 27.1. The van der Waals surface area contributed by atoms with E-state index >= 15 is 0 Å². The van der Waals surface area contributed by atoms with Crippen molar-refractivity contribution >= 4 is 34.0 Å². The van der Waals surface area contributed by atoms with Crippen LogP contribution in [0.25, 0.3) is 0 Å². The molecule has 0 aliphatic rings. The molecule has 1 amide bonds. The van der Waals surface area contributed by atoms with Crippen LogP contribution in [-0.4, -0.2) is 22.0 Å². The fourth-order valence-corrected chi connectivity index (χ4v) is 2.49. The van der Waals surface area contributed by atoms with Crippen LogP contribution in [0.4, 0.5) is 10.8 Å². The maximum Gasteiger partial charge on any atom is 0.336 e. The predicted octanol–water partition coefficient (Wildman–Crippen LogP) is 2.22. The fraction of sp³-hybridized carbons (Fsp3) is 0.214. The number of aryl methyl sites for hydroxylation is 1. The molecule has 2 rings (SSSR count). The van der Waals surface area contributed by atoms with Crippen LogP contribution in [0.1, 0.15) is 27.2 Å². The highest BCUT2D eigenvalue weighted by molar-refractivity contribution is 7.13. The molecule has 7 heteroatoms. The number of carboxylic acid groups (broad SMARTS) is 1. The zero-order chi connectivity index (χ0) is 15.6. The van der Waals surface area contributed by atoms with E-state index in [0.717, 1.165) is 5.56 Å². The Hall–Kier alpha value is -2.41. The first-order valence-electron chi connectivity index (χ1n) is 6.21. The zero-order valence-corrected chi connectivity index (χ0v) is 12.5. The number of thiazole rings is 1. The van der Waals surface area contributed by atoms with Crippen LogP contribution in [0.5, 0.6) is 0 Å². The van der Waals surface area contributed by atoms with Crippen molar-refractivity contribution in [1.29, 1.82) is 0 Å². The number of nitrogen functional groups attached to an aromatic ring is 1. The molecule has 4 N–H and O–H groups in total. The van der Waals surface area contributed by atoms with Crippen LogP contribution in [0.3, 0.4) is 0 Å². The second-order valence-electron chi connectivity index (χ2n) is 4.67. The Morgan fingerprint density at radius 3 is 2.67 bits per heavy atom. The van der Waals surface area contributed by atoms with E-state index in [1.807, 2.05) is 0 Å². The molecular formula is C14H15N3O3S. The van der Waals surface area contributed by atoms with E-state index in [2.05, 4.69) is 10.3 Å². The van der Waals surface area contributed by atoms with Gasteiger partial charge in [-0.25, -0.2) is 9.78 Å². The molecule has 0 spiro atoms. The maximum atomic E-state index is 11.9. The lowest BCUT2D eigenvalue weighted by atomic mass is 10.0. The molecule has 0 saturated carbocycles. The number of nitrogens with one attached hydrogen (secondary N) is 1. The number of rotatable bonds is 4. The average molecular weight is 305 g/mol. The van der Waals surface area contributed by atoms with Crippen molar-refractivity contribution < 1.29 is 14.7 Å². The molecule has 0 atom stereocenters. The van der Waals surface area contributed by atoms with Gasteiger partial charge in [-0.3, -0.25) is 4.79 Å². The van der Waals surface area contributed by atoms with Crippen LogP contribution >= 0.6 is 11.3 Å². The standard InChI is InChI=1S/C14H15N3O3S/c1-7-3-9(4-11(8(7)2)13(19)20)16-12(18)5-10-6-21-14(15)17-10/h3-4,6H,5H2,1-2H3,(H2,15,17)(H,16,18)(H,19,20). The number of nitrogens with zero attached hydrogens (tertiary/aromatic N) is 1. The molecule has 0 unspecified atom stereocenters. The Morgan fingerprint density at radius 2 is 2.10 bits per heavy atom. The third-order valence-electron chi connectivity index (χ3n) is 3.09. The molecule has 0 aliphatic carbocycles. The number of benzene rings is 1. The molecule has 1 aromatic carbocycles. The second kappa shape index (κ2) is 5.92. The van der Waals surface area contributed by atoms with Crippen LogP contribution in [0, 0.1) is 13.8 Å². The summed E-state index contributed by atoms with van der Waals surface area (Å²) in [5.41, 5.74) is 8.24. The minimum absolute atomic E-state index is 0.100. The molecule has 0 saturated heterocycles. The van der Waals surface area contributed by atoms with Crippen molar-refractivity contribution in [3.8, 4) is 0 Å². The Bertz CT molecular complexity index is 709. The highest BCUT2D eigenvalue weighted by Gasteiger charge is 2.13. The van der Waals surface area contributed by atoms with Gasteiger partial charge >= 0.3 is 5.97 Å². The van der Waals surface area contributed by atoms with Crippen molar-refractivity contribution in [3.05, 3.63) is 39.9 Å². The van der Waals surface area contributed by atoms with E-state index in [1.54, 1.807) is 25.3 Å². The number of carbonyl (C=O) groups is 2. The summed E-state index contributed by atoms with van der Waals surface area (Å²) in [7, 11) is 0. The Morgan fingerprint density at radius 1 is 1.38 bits per heavy atom. The number of hydrogen-bond donors (Lipinski definition) is 3. The van der Waals surface area contributed by atoms with E-state index in [-0.39, 0.29) is 17.9 Å². The van der Waals surface area contributed by atoms with Gasteiger partial charge in [-0.1, -0.05) is 0 Å². The van der Waals surface area contributed by atoms with Crippen molar-refractivity contribution in [2.75, 3.05) is 11.1 Å². The molecule has 110 valence electrons. The van der Waals surface area contributed by atoms with Gasteiger partial charge in [0.05, 0.1) is 17.7 Å². The maximum absolute atomic E-state index is 11.9. The summed E-state index contributed by atoms with van der Waals surface area (Å²) < 4.78 is 0. The van der Waals surface area contributed by atoms with Crippen LogP contribution in [0.2, 0.25) is 0 Å². The van der Waals surface area contributed by atoms with Gasteiger partial charge in [0.25, 0.3) is 0 Å². The predicted molar refractivity (Wildman–Crippen MR) is 81.7 cm³/mol. The van der Waals surface area contributed by atoms with Gasteiger partial charge in [0, 0.05) is 11.1 Å². The third kappa shape index (κ3) is 3.57. The fourth-order valence-electron chi connectivity index (χ4n) is 1.93. The SMILES string of the molecule is Cc1cc(NC(=O)Cc2csc(N)n2)cc(C(=O)O)c1C. The second-order valence-corrected chi connectivity index (χ2v) is 5.56. The summed E-state index contributed by atoms with van der Waals surface area (Å²) in [6.07, 6.45) is 0.100. The van der Waals surface area contributed by atoms with Gasteiger partial charge < -0.3 is 16.2 Å². The number of amides is 1. The molecule has 1 heterocycles. The van der Waals surface area contributed by atoms with Crippen molar-refractivity contribution in [2.45, 2.75) is 20.3 Å².